The molecule has 2 N–H and O–H groups in total. The minimum Gasteiger partial charge on any atom is -0.492 e. The molecule has 2 heterocycles. The number of benzene rings is 1. The number of ether oxygens (including phenoxy) is 1. The normalized spacial score (nSPS) is 17.4. The van der Waals surface area contributed by atoms with Gasteiger partial charge in [0.1, 0.15) is 18.7 Å². The molecule has 2 aromatic rings. The Balaban J connectivity index is 1.72. The van der Waals surface area contributed by atoms with Gasteiger partial charge in [-0.25, -0.2) is 5.10 Å². The monoisotopic (exact) mass is 278 g/mol. The third-order valence-corrected chi connectivity index (χ3v) is 3.19. The van der Waals surface area contributed by atoms with Crippen LogP contribution in [-0.2, 0) is 11.2 Å². The number of aromatic nitrogens is 3. The van der Waals surface area contributed by atoms with Crippen molar-refractivity contribution in [2.45, 2.75) is 6.42 Å². The molecule has 3 rings (SSSR count). The first kappa shape index (κ1) is 12.0. The molecule has 0 saturated heterocycles. The standard InChI is InChI=1S/C12H11ClN4O2/c13-9-1-2-10-7(4-9)3-8(5-19-10)11(18)16-12-14-6-15-17-12/h1-2,4,6,8H,3,5H2,(H2,14,15,16,17,18). The highest BCUT2D eigenvalue weighted by molar-refractivity contribution is 6.30. The first-order chi connectivity index (χ1) is 9.22. The minimum absolute atomic E-state index is 0.151. The molecule has 1 amide bonds. The lowest BCUT2D eigenvalue weighted by Gasteiger charge is -2.24. The van der Waals surface area contributed by atoms with E-state index in [0.717, 1.165) is 11.3 Å². The molecule has 0 radical (unpaired) electrons. The van der Waals surface area contributed by atoms with Crippen molar-refractivity contribution >= 4 is 23.5 Å². The molecule has 7 heteroatoms. The van der Waals surface area contributed by atoms with Gasteiger partial charge in [-0.3, -0.25) is 10.1 Å². The zero-order valence-corrected chi connectivity index (χ0v) is 10.6. The van der Waals surface area contributed by atoms with Crippen molar-refractivity contribution in [2.75, 3.05) is 11.9 Å². The second kappa shape index (κ2) is 4.89. The summed E-state index contributed by atoms with van der Waals surface area (Å²) in [5.41, 5.74) is 0.941. The van der Waals surface area contributed by atoms with E-state index in [4.69, 9.17) is 16.3 Å². The second-order valence-electron chi connectivity index (χ2n) is 4.29. The van der Waals surface area contributed by atoms with E-state index in [1.807, 2.05) is 12.1 Å². The lowest BCUT2D eigenvalue weighted by atomic mass is 9.96. The zero-order valence-electron chi connectivity index (χ0n) is 9.89. The average molecular weight is 279 g/mol. The quantitative estimate of drug-likeness (QED) is 0.875. The fourth-order valence-electron chi connectivity index (χ4n) is 2.02. The van der Waals surface area contributed by atoms with Crippen LogP contribution in [0.2, 0.25) is 5.02 Å². The van der Waals surface area contributed by atoms with Crippen LogP contribution < -0.4 is 10.1 Å². The highest BCUT2D eigenvalue weighted by atomic mass is 35.5. The second-order valence-corrected chi connectivity index (χ2v) is 4.72. The molecule has 1 aromatic carbocycles. The van der Waals surface area contributed by atoms with Gasteiger partial charge in [0.15, 0.2) is 0 Å². The van der Waals surface area contributed by atoms with Crippen LogP contribution in [0, 0.1) is 5.92 Å². The maximum Gasteiger partial charge on any atom is 0.233 e. The number of hydrogen-bond acceptors (Lipinski definition) is 4. The molecule has 1 aromatic heterocycles. The van der Waals surface area contributed by atoms with Crippen LogP contribution in [0.1, 0.15) is 5.56 Å². The van der Waals surface area contributed by atoms with Gasteiger partial charge in [0, 0.05) is 5.02 Å². The predicted molar refractivity (Wildman–Crippen MR) is 69.2 cm³/mol. The van der Waals surface area contributed by atoms with Crippen molar-refractivity contribution in [2.24, 2.45) is 5.92 Å². The highest BCUT2D eigenvalue weighted by Crippen LogP contribution is 2.30. The van der Waals surface area contributed by atoms with E-state index >= 15 is 0 Å². The Bertz CT molecular complexity index is 600. The fraction of sp³-hybridized carbons (Fsp3) is 0.250. The molecular weight excluding hydrogens is 268 g/mol. The lowest BCUT2D eigenvalue weighted by Crippen LogP contribution is -2.32. The van der Waals surface area contributed by atoms with Crippen molar-refractivity contribution < 1.29 is 9.53 Å². The molecule has 6 nitrogen and oxygen atoms in total. The number of carbonyl (C=O) groups is 1. The van der Waals surface area contributed by atoms with E-state index in [2.05, 4.69) is 20.5 Å². The third-order valence-electron chi connectivity index (χ3n) is 2.96. The van der Waals surface area contributed by atoms with Crippen LogP contribution in [-0.4, -0.2) is 27.7 Å². The van der Waals surface area contributed by atoms with Gasteiger partial charge in [0.25, 0.3) is 0 Å². The Labute approximate surface area is 114 Å². The molecule has 0 aliphatic carbocycles. The van der Waals surface area contributed by atoms with E-state index in [1.165, 1.54) is 6.33 Å². The van der Waals surface area contributed by atoms with Crippen LogP contribution in [0.3, 0.4) is 0 Å². The molecule has 1 aliphatic rings. The Morgan fingerprint density at radius 2 is 2.42 bits per heavy atom. The van der Waals surface area contributed by atoms with Gasteiger partial charge in [-0.05, 0) is 30.2 Å². The summed E-state index contributed by atoms with van der Waals surface area (Å²) in [4.78, 5) is 15.9. The number of fused-ring (bicyclic) bond motifs is 1. The molecule has 0 fully saturated rings. The van der Waals surface area contributed by atoms with Gasteiger partial charge in [-0.1, -0.05) is 11.6 Å². The molecule has 0 bridgehead atoms. The Hall–Kier alpha value is -2.08. The summed E-state index contributed by atoms with van der Waals surface area (Å²) in [5, 5.41) is 9.54. The fourth-order valence-corrected chi connectivity index (χ4v) is 2.21. The van der Waals surface area contributed by atoms with Crippen molar-refractivity contribution in [3.8, 4) is 5.75 Å². The summed E-state index contributed by atoms with van der Waals surface area (Å²) in [6, 6.07) is 5.42. The summed E-state index contributed by atoms with van der Waals surface area (Å²) >= 11 is 5.94. The smallest absolute Gasteiger partial charge is 0.233 e. The van der Waals surface area contributed by atoms with Gasteiger partial charge in [-0.15, -0.1) is 0 Å². The summed E-state index contributed by atoms with van der Waals surface area (Å²) in [6.45, 7) is 0.342. The number of hydrogen-bond donors (Lipinski definition) is 2. The van der Waals surface area contributed by atoms with Crippen LogP contribution in [0.5, 0.6) is 5.75 Å². The molecule has 98 valence electrons. The molecule has 19 heavy (non-hydrogen) atoms. The van der Waals surface area contributed by atoms with E-state index in [-0.39, 0.29) is 11.8 Å². The van der Waals surface area contributed by atoms with Crippen LogP contribution in [0.25, 0.3) is 0 Å². The first-order valence-corrected chi connectivity index (χ1v) is 6.17. The van der Waals surface area contributed by atoms with Crippen molar-refractivity contribution in [1.29, 1.82) is 0 Å². The number of nitrogens with one attached hydrogen (secondary N) is 2. The van der Waals surface area contributed by atoms with Gasteiger partial charge in [0.2, 0.25) is 11.9 Å². The Morgan fingerprint density at radius 3 is 3.21 bits per heavy atom. The van der Waals surface area contributed by atoms with Crippen molar-refractivity contribution in [3.63, 3.8) is 0 Å². The summed E-state index contributed by atoms with van der Waals surface area (Å²) < 4.78 is 5.57. The number of anilines is 1. The largest absolute Gasteiger partial charge is 0.492 e. The topological polar surface area (TPSA) is 79.9 Å². The number of aromatic amines is 1. The van der Waals surface area contributed by atoms with E-state index in [0.29, 0.717) is 24.0 Å². The van der Waals surface area contributed by atoms with E-state index in [9.17, 15) is 4.79 Å². The van der Waals surface area contributed by atoms with Gasteiger partial charge in [-0.2, -0.15) is 10.1 Å². The maximum atomic E-state index is 12.0. The summed E-state index contributed by atoms with van der Waals surface area (Å²) in [5.74, 6) is 0.702. The average Bonchev–Trinajstić information content (AvgIpc) is 2.90. The maximum absolute atomic E-state index is 12.0. The SMILES string of the molecule is O=C(Nc1ncn[nH]1)C1COc2ccc(Cl)cc2C1. The molecule has 1 unspecified atom stereocenters. The minimum atomic E-state index is -0.268. The van der Waals surface area contributed by atoms with E-state index in [1.54, 1.807) is 6.07 Å². The first-order valence-electron chi connectivity index (χ1n) is 5.80. The molecule has 0 spiro atoms. The zero-order chi connectivity index (χ0) is 13.2. The van der Waals surface area contributed by atoms with Crippen molar-refractivity contribution in [1.82, 2.24) is 15.2 Å². The van der Waals surface area contributed by atoms with Gasteiger partial charge >= 0.3 is 0 Å². The Morgan fingerprint density at radius 1 is 1.53 bits per heavy atom. The van der Waals surface area contributed by atoms with Crippen molar-refractivity contribution in [3.05, 3.63) is 35.1 Å². The van der Waals surface area contributed by atoms with Gasteiger partial charge < -0.3 is 4.74 Å². The number of halogens is 1. The van der Waals surface area contributed by atoms with E-state index < -0.39 is 0 Å². The summed E-state index contributed by atoms with van der Waals surface area (Å²) in [7, 11) is 0. The number of amides is 1. The Kier molecular flexibility index (Phi) is 3.08. The predicted octanol–water partition coefficient (Wildman–Crippen LogP) is 1.65. The molecule has 0 saturated carbocycles. The number of nitrogens with zero attached hydrogens (tertiary/aromatic N) is 2. The number of carbonyl (C=O) groups excluding carboxylic acids is 1. The molecule has 1 aliphatic heterocycles. The van der Waals surface area contributed by atoms with Crippen LogP contribution in [0.4, 0.5) is 5.95 Å². The van der Waals surface area contributed by atoms with Crippen LogP contribution >= 0.6 is 11.6 Å². The van der Waals surface area contributed by atoms with Crippen LogP contribution in [0.15, 0.2) is 24.5 Å². The number of rotatable bonds is 2. The highest BCUT2D eigenvalue weighted by Gasteiger charge is 2.26. The van der Waals surface area contributed by atoms with Gasteiger partial charge in [0.05, 0.1) is 5.92 Å². The lowest BCUT2D eigenvalue weighted by molar-refractivity contribution is -0.121. The number of H-pyrrole nitrogens is 1. The third kappa shape index (κ3) is 2.53. The molecule has 1 atom stereocenters. The molecular formula is C12H11ClN4O2. The summed E-state index contributed by atoms with van der Waals surface area (Å²) in [6.07, 6.45) is 1.93.